The Morgan fingerprint density at radius 2 is 2.15 bits per heavy atom. The third-order valence-electron chi connectivity index (χ3n) is 3.56. The van der Waals surface area contributed by atoms with Crippen LogP contribution in [0.25, 0.3) is 0 Å². The van der Waals surface area contributed by atoms with Gasteiger partial charge in [-0.15, -0.1) is 0 Å². The Morgan fingerprint density at radius 3 is 2.65 bits per heavy atom. The standard InChI is InChI=1S/C13H21BrN6/c1-5-6-20-13(10(14)7-16-20)12(17-15)11-8(2)18-19(4)9(11)3/h7,12,17H,5-6,15H2,1-4H3. The molecule has 0 aliphatic carbocycles. The lowest BCUT2D eigenvalue weighted by Crippen LogP contribution is -2.32. The fourth-order valence-electron chi connectivity index (χ4n) is 2.56. The van der Waals surface area contributed by atoms with Crippen LogP contribution in [-0.4, -0.2) is 19.6 Å². The molecule has 0 aliphatic heterocycles. The third kappa shape index (κ3) is 2.53. The van der Waals surface area contributed by atoms with Crippen molar-refractivity contribution in [3.8, 4) is 0 Å². The summed E-state index contributed by atoms with van der Waals surface area (Å²) in [7, 11) is 1.94. The maximum Gasteiger partial charge on any atom is 0.0925 e. The number of rotatable bonds is 5. The van der Waals surface area contributed by atoms with E-state index in [-0.39, 0.29) is 6.04 Å². The van der Waals surface area contributed by atoms with E-state index in [4.69, 9.17) is 5.84 Å². The SMILES string of the molecule is CCCn1ncc(Br)c1C(NN)c1c(C)nn(C)c1C. The highest BCUT2D eigenvalue weighted by atomic mass is 79.9. The summed E-state index contributed by atoms with van der Waals surface area (Å²) < 4.78 is 4.82. The van der Waals surface area contributed by atoms with Crippen LogP contribution >= 0.6 is 15.9 Å². The molecule has 2 rings (SSSR count). The van der Waals surface area contributed by atoms with Gasteiger partial charge in [-0.25, -0.2) is 5.43 Å². The summed E-state index contributed by atoms with van der Waals surface area (Å²) in [4.78, 5) is 0. The molecular weight excluding hydrogens is 320 g/mol. The molecule has 6 nitrogen and oxygen atoms in total. The molecule has 0 saturated heterocycles. The second-order valence-corrected chi connectivity index (χ2v) is 5.76. The van der Waals surface area contributed by atoms with Crippen molar-refractivity contribution >= 4 is 15.9 Å². The summed E-state index contributed by atoms with van der Waals surface area (Å²) in [6.45, 7) is 7.04. The Bertz CT molecular complexity index is 600. The number of hydrogen-bond acceptors (Lipinski definition) is 4. The highest BCUT2D eigenvalue weighted by Crippen LogP contribution is 2.31. The minimum absolute atomic E-state index is 0.132. The number of nitrogens with one attached hydrogen (secondary N) is 1. The minimum Gasteiger partial charge on any atom is -0.272 e. The van der Waals surface area contributed by atoms with Crippen LogP contribution in [0.4, 0.5) is 0 Å². The summed E-state index contributed by atoms with van der Waals surface area (Å²) in [6.07, 6.45) is 2.83. The van der Waals surface area contributed by atoms with Crippen molar-refractivity contribution in [2.24, 2.45) is 12.9 Å². The van der Waals surface area contributed by atoms with E-state index in [1.54, 1.807) is 0 Å². The number of aryl methyl sites for hydroxylation is 3. The smallest absolute Gasteiger partial charge is 0.0925 e. The van der Waals surface area contributed by atoms with Gasteiger partial charge < -0.3 is 0 Å². The Hall–Kier alpha value is -1.18. The Morgan fingerprint density at radius 1 is 1.45 bits per heavy atom. The van der Waals surface area contributed by atoms with Crippen molar-refractivity contribution in [1.29, 1.82) is 0 Å². The number of hydrazine groups is 1. The van der Waals surface area contributed by atoms with Crippen molar-refractivity contribution in [2.75, 3.05) is 0 Å². The number of halogens is 1. The van der Waals surface area contributed by atoms with E-state index in [1.165, 1.54) is 0 Å². The fourth-order valence-corrected chi connectivity index (χ4v) is 3.08. The lowest BCUT2D eigenvalue weighted by molar-refractivity contribution is 0.517. The van der Waals surface area contributed by atoms with Gasteiger partial charge in [-0.1, -0.05) is 6.92 Å². The van der Waals surface area contributed by atoms with E-state index < -0.39 is 0 Å². The summed E-state index contributed by atoms with van der Waals surface area (Å²) in [5, 5.41) is 8.88. The molecule has 0 saturated carbocycles. The first-order valence-corrected chi connectivity index (χ1v) is 7.47. The first-order valence-electron chi connectivity index (χ1n) is 6.68. The van der Waals surface area contributed by atoms with Gasteiger partial charge in [0.05, 0.1) is 28.1 Å². The molecule has 0 bridgehead atoms. The van der Waals surface area contributed by atoms with E-state index in [0.29, 0.717) is 0 Å². The number of aromatic nitrogens is 4. The number of nitrogens with zero attached hydrogens (tertiary/aromatic N) is 4. The fraction of sp³-hybridized carbons (Fsp3) is 0.538. The molecule has 3 N–H and O–H groups in total. The Labute approximate surface area is 127 Å². The summed E-state index contributed by atoms with van der Waals surface area (Å²) in [5.74, 6) is 5.83. The van der Waals surface area contributed by atoms with Crippen molar-refractivity contribution in [2.45, 2.75) is 39.8 Å². The summed E-state index contributed by atoms with van der Waals surface area (Å²) in [6, 6.07) is -0.132. The van der Waals surface area contributed by atoms with E-state index in [0.717, 1.165) is 40.1 Å². The second kappa shape index (κ2) is 6.07. The molecule has 1 unspecified atom stereocenters. The average Bonchev–Trinajstić information content (AvgIpc) is 2.87. The number of nitrogens with two attached hydrogens (primary N) is 1. The number of hydrogen-bond donors (Lipinski definition) is 2. The summed E-state index contributed by atoms with van der Waals surface area (Å²) >= 11 is 3.58. The van der Waals surface area contributed by atoms with Crippen LogP contribution in [0.15, 0.2) is 10.7 Å². The second-order valence-electron chi connectivity index (χ2n) is 4.91. The molecule has 2 heterocycles. The molecule has 1 atom stereocenters. The van der Waals surface area contributed by atoms with Gasteiger partial charge in [0.1, 0.15) is 0 Å². The van der Waals surface area contributed by atoms with Crippen LogP contribution in [0, 0.1) is 13.8 Å². The van der Waals surface area contributed by atoms with E-state index in [9.17, 15) is 0 Å². The predicted molar refractivity (Wildman–Crippen MR) is 82.1 cm³/mol. The predicted octanol–water partition coefficient (Wildman–Crippen LogP) is 1.96. The lowest BCUT2D eigenvalue weighted by atomic mass is 10.0. The van der Waals surface area contributed by atoms with Crippen molar-refractivity contribution in [3.63, 3.8) is 0 Å². The van der Waals surface area contributed by atoms with Crippen LogP contribution in [-0.2, 0) is 13.6 Å². The molecule has 7 heteroatoms. The topological polar surface area (TPSA) is 73.7 Å². The molecule has 0 fully saturated rings. The molecule has 0 spiro atoms. The Kier molecular flexibility index (Phi) is 4.62. The quantitative estimate of drug-likeness (QED) is 0.644. The van der Waals surface area contributed by atoms with Gasteiger partial charge in [-0.3, -0.25) is 15.2 Å². The van der Waals surface area contributed by atoms with Gasteiger partial charge in [0, 0.05) is 24.8 Å². The van der Waals surface area contributed by atoms with E-state index >= 15 is 0 Å². The molecule has 2 aromatic heterocycles. The first-order chi connectivity index (χ1) is 9.51. The molecule has 110 valence electrons. The van der Waals surface area contributed by atoms with Crippen LogP contribution in [0.2, 0.25) is 0 Å². The van der Waals surface area contributed by atoms with Gasteiger partial charge in [0.15, 0.2) is 0 Å². The summed E-state index contributed by atoms with van der Waals surface area (Å²) in [5.41, 5.74) is 7.13. The normalized spacial score (nSPS) is 12.9. The van der Waals surface area contributed by atoms with Gasteiger partial charge in [0.25, 0.3) is 0 Å². The van der Waals surface area contributed by atoms with E-state index in [1.807, 2.05) is 36.5 Å². The van der Waals surface area contributed by atoms with Crippen LogP contribution < -0.4 is 11.3 Å². The third-order valence-corrected chi connectivity index (χ3v) is 4.17. The molecule has 0 amide bonds. The monoisotopic (exact) mass is 340 g/mol. The van der Waals surface area contributed by atoms with Crippen LogP contribution in [0.3, 0.4) is 0 Å². The van der Waals surface area contributed by atoms with Crippen molar-refractivity contribution in [1.82, 2.24) is 25.0 Å². The van der Waals surface area contributed by atoms with Crippen molar-refractivity contribution < 1.29 is 0 Å². The zero-order valence-electron chi connectivity index (χ0n) is 12.3. The molecular formula is C13H21BrN6. The van der Waals surface area contributed by atoms with Gasteiger partial charge in [-0.2, -0.15) is 10.2 Å². The highest BCUT2D eigenvalue weighted by molar-refractivity contribution is 9.10. The maximum absolute atomic E-state index is 5.83. The minimum atomic E-state index is -0.132. The van der Waals surface area contributed by atoms with Gasteiger partial charge in [0.2, 0.25) is 0 Å². The van der Waals surface area contributed by atoms with Crippen LogP contribution in [0.5, 0.6) is 0 Å². The van der Waals surface area contributed by atoms with Crippen LogP contribution in [0.1, 0.15) is 42.0 Å². The largest absolute Gasteiger partial charge is 0.272 e. The zero-order valence-corrected chi connectivity index (χ0v) is 13.9. The maximum atomic E-state index is 5.83. The first kappa shape index (κ1) is 15.2. The highest BCUT2D eigenvalue weighted by Gasteiger charge is 2.26. The molecule has 2 aromatic rings. The molecule has 0 radical (unpaired) electrons. The Balaban J connectivity index is 2.55. The zero-order chi connectivity index (χ0) is 14.9. The van der Waals surface area contributed by atoms with Gasteiger partial charge in [-0.05, 0) is 36.2 Å². The molecule has 20 heavy (non-hydrogen) atoms. The molecule has 0 aromatic carbocycles. The van der Waals surface area contributed by atoms with Crippen molar-refractivity contribution in [3.05, 3.63) is 33.3 Å². The average molecular weight is 341 g/mol. The lowest BCUT2D eigenvalue weighted by Gasteiger charge is -2.19. The van der Waals surface area contributed by atoms with Gasteiger partial charge >= 0.3 is 0 Å². The molecule has 0 aliphatic rings. The van der Waals surface area contributed by atoms with E-state index in [2.05, 4.69) is 38.5 Å².